The van der Waals surface area contributed by atoms with E-state index in [2.05, 4.69) is 131 Å². The van der Waals surface area contributed by atoms with E-state index in [-0.39, 0.29) is 31.9 Å². The van der Waals surface area contributed by atoms with Gasteiger partial charge in [0, 0.05) is 55.4 Å². The van der Waals surface area contributed by atoms with Gasteiger partial charge in [-0.05, 0) is 70.6 Å². The average Bonchev–Trinajstić information content (AvgIpc) is 3.81. The molecule has 0 unspecified atom stereocenters. The molecule has 298 valence electrons. The van der Waals surface area contributed by atoms with Crippen LogP contribution in [-0.4, -0.2) is 36.5 Å². The number of fused-ring (bicyclic) bond motifs is 3. The van der Waals surface area contributed by atoms with Crippen molar-refractivity contribution in [3.63, 3.8) is 0 Å². The Hall–Kier alpha value is -6.11. The predicted molar refractivity (Wildman–Crippen MR) is 234 cm³/mol. The summed E-state index contributed by atoms with van der Waals surface area (Å²) in [5, 5.41) is 2.01. The number of hydrogen-bond acceptors (Lipinski definition) is 7. The molecule has 4 heterocycles. The van der Waals surface area contributed by atoms with E-state index in [0.29, 0.717) is 34.5 Å². The maximum absolute atomic E-state index is 6.86. The second-order valence-corrected chi connectivity index (χ2v) is 16.8. The van der Waals surface area contributed by atoms with Gasteiger partial charge in [0.05, 0.1) is 0 Å². The summed E-state index contributed by atoms with van der Waals surface area (Å²) in [6.07, 6.45) is 5.78. The third-order valence-corrected chi connectivity index (χ3v) is 10.5. The molecular formula is C50H44N7OPt-3. The minimum absolute atomic E-state index is 0. The minimum Gasteiger partial charge on any atom is -0.510 e. The Morgan fingerprint density at radius 3 is 1.85 bits per heavy atom. The Bertz CT molecular complexity index is 2740. The van der Waals surface area contributed by atoms with Crippen LogP contribution in [0, 0.1) is 18.8 Å². The second kappa shape index (κ2) is 15.6. The maximum atomic E-state index is 6.86. The van der Waals surface area contributed by atoms with Crippen LogP contribution in [0.25, 0.3) is 61.8 Å². The molecule has 0 bridgehead atoms. The zero-order valence-corrected chi connectivity index (χ0v) is 36.4. The van der Waals surface area contributed by atoms with Gasteiger partial charge in [0.1, 0.15) is 11.6 Å². The molecule has 1 aliphatic heterocycles. The fourth-order valence-electron chi connectivity index (χ4n) is 7.23. The summed E-state index contributed by atoms with van der Waals surface area (Å²) in [5.74, 6) is 3.35. The third-order valence-electron chi connectivity index (χ3n) is 10.5. The molecule has 0 saturated carbocycles. The third kappa shape index (κ3) is 7.90. The fraction of sp³-hybridized carbons (Fsp3) is 0.180. The van der Waals surface area contributed by atoms with Crippen molar-refractivity contribution in [3.05, 3.63) is 164 Å². The van der Waals surface area contributed by atoms with E-state index in [0.717, 1.165) is 44.4 Å². The van der Waals surface area contributed by atoms with Crippen molar-refractivity contribution < 1.29 is 25.8 Å². The van der Waals surface area contributed by atoms with Gasteiger partial charge in [-0.25, -0.2) is 19.9 Å². The van der Waals surface area contributed by atoms with E-state index in [1.54, 1.807) is 6.20 Å². The van der Waals surface area contributed by atoms with Gasteiger partial charge in [-0.1, -0.05) is 120 Å². The van der Waals surface area contributed by atoms with E-state index in [4.69, 9.17) is 24.7 Å². The first kappa shape index (κ1) is 39.7. The van der Waals surface area contributed by atoms with Crippen molar-refractivity contribution in [1.82, 2.24) is 29.4 Å². The molecule has 0 N–H and O–H groups in total. The van der Waals surface area contributed by atoms with Crippen LogP contribution in [0.1, 0.15) is 52.7 Å². The molecule has 0 amide bonds. The molecule has 0 saturated heterocycles. The summed E-state index contributed by atoms with van der Waals surface area (Å²) in [7, 11) is 1.99. The van der Waals surface area contributed by atoms with Gasteiger partial charge in [-0.3, -0.25) is 0 Å². The first-order valence-electron chi connectivity index (χ1n) is 19.5. The van der Waals surface area contributed by atoms with Gasteiger partial charge in [0.25, 0.3) is 0 Å². The van der Waals surface area contributed by atoms with Crippen LogP contribution in [-0.2, 0) is 31.9 Å². The Morgan fingerprint density at radius 1 is 0.627 bits per heavy atom. The quantitative estimate of drug-likeness (QED) is 0.147. The van der Waals surface area contributed by atoms with Crippen molar-refractivity contribution in [3.8, 4) is 51.5 Å². The van der Waals surface area contributed by atoms with Crippen LogP contribution < -0.4 is 9.64 Å². The molecule has 9 rings (SSSR count). The van der Waals surface area contributed by atoms with Crippen molar-refractivity contribution in [2.75, 3.05) is 11.9 Å². The molecule has 0 atom stereocenters. The second-order valence-electron chi connectivity index (χ2n) is 16.8. The molecule has 0 radical (unpaired) electrons. The van der Waals surface area contributed by atoms with Gasteiger partial charge in [0.15, 0.2) is 11.6 Å². The van der Waals surface area contributed by atoms with E-state index >= 15 is 0 Å². The summed E-state index contributed by atoms with van der Waals surface area (Å²) in [6.45, 7) is 15.3. The van der Waals surface area contributed by atoms with Gasteiger partial charge in [0.2, 0.25) is 0 Å². The Kier molecular flexibility index (Phi) is 10.5. The van der Waals surface area contributed by atoms with Gasteiger partial charge in [-0.15, -0.1) is 41.4 Å². The SMILES string of the molecule is CN1C=CN(c2[c-]c(Oc3[c-]c4c(cc3-c3nc(-c5ccc(C(C)(C)C)cc5)nc(-c5ccc(C(C)(C)C)cc5)n3)c3ccccc3n4-c3ccccn3)ccc2)[CH-]1.[Pt]. The number of rotatable bonds is 7. The van der Waals surface area contributed by atoms with Crippen LogP contribution in [0.5, 0.6) is 11.5 Å². The molecule has 1 aliphatic rings. The van der Waals surface area contributed by atoms with Crippen LogP contribution in [0.4, 0.5) is 5.69 Å². The van der Waals surface area contributed by atoms with Gasteiger partial charge < -0.3 is 19.1 Å². The number of hydrogen-bond donors (Lipinski definition) is 0. The van der Waals surface area contributed by atoms with E-state index in [9.17, 15) is 0 Å². The van der Waals surface area contributed by atoms with Crippen molar-refractivity contribution in [2.45, 2.75) is 52.4 Å². The van der Waals surface area contributed by atoms with Crippen LogP contribution in [0.15, 0.2) is 134 Å². The summed E-state index contributed by atoms with van der Waals surface area (Å²) in [5.41, 5.74) is 7.58. The largest absolute Gasteiger partial charge is 0.510 e. The van der Waals surface area contributed by atoms with Crippen LogP contribution >= 0.6 is 0 Å². The van der Waals surface area contributed by atoms with Crippen molar-refractivity contribution in [2.24, 2.45) is 0 Å². The molecule has 0 aliphatic carbocycles. The summed E-state index contributed by atoms with van der Waals surface area (Å²) >= 11 is 0. The first-order valence-corrected chi connectivity index (χ1v) is 19.5. The number of anilines is 1. The summed E-state index contributed by atoms with van der Waals surface area (Å²) < 4.78 is 8.98. The molecule has 8 aromatic rings. The monoisotopic (exact) mass is 953 g/mol. The number of nitrogens with zero attached hydrogens (tertiary/aromatic N) is 7. The van der Waals surface area contributed by atoms with Crippen LogP contribution in [0.3, 0.4) is 0 Å². The first-order chi connectivity index (χ1) is 27.9. The number of para-hydroxylation sites is 1. The van der Waals surface area contributed by atoms with E-state index in [1.165, 1.54) is 11.1 Å². The number of ether oxygens (including phenoxy) is 1. The molecule has 59 heavy (non-hydrogen) atoms. The topological polar surface area (TPSA) is 72.2 Å². The Balaban J connectivity index is 0.00000484. The number of pyridine rings is 1. The number of aromatic nitrogens is 5. The van der Waals surface area contributed by atoms with Crippen molar-refractivity contribution in [1.29, 1.82) is 0 Å². The molecule has 5 aromatic carbocycles. The van der Waals surface area contributed by atoms with Gasteiger partial charge >= 0.3 is 0 Å². The standard InChI is InChI=1S/C50H44N7O.Pt/c1-49(2,3)35-22-18-33(19-23-35)46-52-47(34-20-24-36(25-21-34)50(4,5)6)54-48(53-46)41-30-40-39-15-8-9-16-42(39)57(45-17-10-11-26-51-45)43(40)31-44(41)58-38-14-12-13-37(29-38)56-28-27-55(7)32-56;/h8-28,30,32H,1-7H3;/q-3;. The fourth-order valence-corrected chi connectivity index (χ4v) is 7.23. The zero-order valence-electron chi connectivity index (χ0n) is 34.1. The van der Waals surface area contributed by atoms with E-state index < -0.39 is 0 Å². The normalized spacial score (nSPS) is 13.0. The zero-order chi connectivity index (χ0) is 40.2. The van der Waals surface area contributed by atoms with E-state index in [1.807, 2.05) is 78.4 Å². The molecule has 0 fully saturated rings. The minimum atomic E-state index is 0. The average molecular weight is 954 g/mol. The Morgan fingerprint density at radius 2 is 1.25 bits per heavy atom. The molecular weight excluding hydrogens is 910 g/mol. The summed E-state index contributed by atoms with van der Waals surface area (Å²) in [4.78, 5) is 24.3. The van der Waals surface area contributed by atoms with Gasteiger partial charge in [-0.2, -0.15) is 12.7 Å². The molecule has 9 heteroatoms. The predicted octanol–water partition coefficient (Wildman–Crippen LogP) is 11.7. The Labute approximate surface area is 360 Å². The molecule has 0 spiro atoms. The summed E-state index contributed by atoms with van der Waals surface area (Å²) in [6, 6.07) is 46.4. The van der Waals surface area contributed by atoms with Crippen molar-refractivity contribution >= 4 is 27.5 Å². The molecule has 3 aromatic heterocycles. The smallest absolute Gasteiger partial charge is 0.162 e. The maximum Gasteiger partial charge on any atom is 0.162 e. The number of benzene rings is 5. The molecule has 8 nitrogen and oxygen atoms in total. The van der Waals surface area contributed by atoms with Crippen LogP contribution in [0.2, 0.25) is 0 Å².